The third-order valence-corrected chi connectivity index (χ3v) is 9.22. The highest BCUT2D eigenvalue weighted by molar-refractivity contribution is 7.61. The lowest BCUT2D eigenvalue weighted by Crippen LogP contribution is -2.53. The summed E-state index contributed by atoms with van der Waals surface area (Å²) in [6, 6.07) is 0. The molecule has 3 aliphatic rings. The van der Waals surface area contributed by atoms with Gasteiger partial charge in [-0.05, 0) is 42.2 Å². The summed E-state index contributed by atoms with van der Waals surface area (Å²) in [6.07, 6.45) is 11.6. The van der Waals surface area contributed by atoms with Crippen molar-refractivity contribution < 1.29 is 4.79 Å². The van der Waals surface area contributed by atoms with Crippen molar-refractivity contribution in [3.05, 3.63) is 0 Å². The lowest BCUT2D eigenvalue weighted by Gasteiger charge is -2.62. The van der Waals surface area contributed by atoms with Gasteiger partial charge in [0.1, 0.15) is 5.78 Å². The highest BCUT2D eigenvalue weighted by Crippen LogP contribution is 2.76. The average molecular weight is 224 g/mol. The van der Waals surface area contributed by atoms with Gasteiger partial charge in [0.25, 0.3) is 0 Å². The Morgan fingerprint density at radius 1 is 1.07 bits per heavy atom. The van der Waals surface area contributed by atoms with Crippen LogP contribution in [0.5, 0.6) is 0 Å². The molecule has 0 unspecified atom stereocenters. The Balaban J connectivity index is 1.92. The first-order valence-corrected chi connectivity index (χ1v) is 8.03. The Kier molecular flexibility index (Phi) is 2.26. The number of hydrogen-bond donors (Lipinski definition) is 0. The minimum atomic E-state index is 0.165. The summed E-state index contributed by atoms with van der Waals surface area (Å²) < 4.78 is 0. The van der Waals surface area contributed by atoms with E-state index in [1.807, 2.05) is 0 Å². The van der Waals surface area contributed by atoms with Crippen LogP contribution in [0.4, 0.5) is 0 Å². The molecule has 0 amide bonds. The Morgan fingerprint density at radius 2 is 1.53 bits per heavy atom. The maximum Gasteiger partial charge on any atom is 0.134 e. The van der Waals surface area contributed by atoms with Crippen LogP contribution in [-0.4, -0.2) is 22.3 Å². The first-order valence-electron chi connectivity index (χ1n) is 6.50. The molecule has 0 N–H and O–H groups in total. The summed E-state index contributed by atoms with van der Waals surface area (Å²) in [6.45, 7) is 2.38. The fraction of sp³-hybridized carbons (Fsp3) is 0.923. The monoisotopic (exact) mass is 224 g/mol. The van der Waals surface area contributed by atoms with Gasteiger partial charge in [0.15, 0.2) is 0 Å². The Hall–Kier alpha value is 0.100. The van der Waals surface area contributed by atoms with Gasteiger partial charge < -0.3 is 0 Å². The van der Waals surface area contributed by atoms with Gasteiger partial charge in [0.2, 0.25) is 0 Å². The first-order chi connectivity index (χ1) is 7.21. The second-order valence-corrected chi connectivity index (χ2v) is 9.18. The van der Waals surface area contributed by atoms with Gasteiger partial charge in [-0.25, -0.2) is 0 Å². The second kappa shape index (κ2) is 3.29. The summed E-state index contributed by atoms with van der Waals surface area (Å²) in [5.74, 6) is 0.599. The van der Waals surface area contributed by atoms with Gasteiger partial charge in [-0.2, -0.15) is 0 Å². The molecule has 3 fully saturated rings. The van der Waals surface area contributed by atoms with Crippen LogP contribution in [0.2, 0.25) is 0 Å². The van der Waals surface area contributed by atoms with Crippen LogP contribution < -0.4 is 0 Å². The van der Waals surface area contributed by atoms with Gasteiger partial charge in [-0.1, -0.05) is 27.7 Å². The number of Topliss-reactive ketones (excluding diaryl/α,β-unsaturated/α-hetero) is 1. The average Bonchev–Trinajstić information content (AvgIpc) is 2.11. The van der Waals surface area contributed by atoms with Gasteiger partial charge in [0.05, 0.1) is 0 Å². The molecule has 84 valence electrons. The number of rotatable bonds is 1. The van der Waals surface area contributed by atoms with Crippen molar-refractivity contribution in [2.75, 3.05) is 6.16 Å². The highest BCUT2D eigenvalue weighted by atomic mass is 31.1. The fourth-order valence-electron chi connectivity index (χ4n) is 4.22. The number of carbonyl (C=O) groups excluding carboxylic acids is 1. The molecule has 2 heteroatoms. The van der Waals surface area contributed by atoms with Crippen molar-refractivity contribution in [3.8, 4) is 0 Å². The van der Waals surface area contributed by atoms with E-state index in [9.17, 15) is 4.79 Å². The Labute approximate surface area is 93.8 Å². The third kappa shape index (κ3) is 1.28. The molecule has 15 heavy (non-hydrogen) atoms. The van der Waals surface area contributed by atoms with Crippen LogP contribution in [-0.2, 0) is 4.79 Å². The second-order valence-electron chi connectivity index (χ2n) is 5.79. The lowest BCUT2D eigenvalue weighted by molar-refractivity contribution is -0.122. The van der Waals surface area contributed by atoms with Crippen molar-refractivity contribution in [3.63, 3.8) is 0 Å². The standard InChI is InChI=1S/C13H21OP/c1-2-15-12(5-3-6-12)9-11(14)10-13(15)7-4-8-13/h2-10H2,1H3. The number of ketones is 1. The van der Waals surface area contributed by atoms with E-state index in [0.717, 1.165) is 12.8 Å². The largest absolute Gasteiger partial charge is 0.300 e. The SMILES string of the molecule is CCP1C2(CCC2)CC(=O)CC12CCC2. The quantitative estimate of drug-likeness (QED) is 0.621. The van der Waals surface area contributed by atoms with Gasteiger partial charge >= 0.3 is 0 Å². The summed E-state index contributed by atoms with van der Waals surface area (Å²) in [7, 11) is 0.165. The van der Waals surface area contributed by atoms with Crippen LogP contribution in [0.3, 0.4) is 0 Å². The van der Waals surface area contributed by atoms with E-state index in [0.29, 0.717) is 16.1 Å². The predicted octanol–water partition coefficient (Wildman–Crippen LogP) is 3.70. The first kappa shape index (κ1) is 10.3. The topological polar surface area (TPSA) is 17.1 Å². The molecule has 2 saturated carbocycles. The minimum absolute atomic E-state index is 0.165. The summed E-state index contributed by atoms with van der Waals surface area (Å²) in [5.41, 5.74) is 0. The molecular formula is C13H21OP. The predicted molar refractivity (Wildman–Crippen MR) is 64.9 cm³/mol. The molecule has 0 aromatic carbocycles. The molecule has 1 heterocycles. The van der Waals surface area contributed by atoms with Crippen molar-refractivity contribution >= 4 is 13.7 Å². The summed E-state index contributed by atoms with van der Waals surface area (Å²) in [5, 5.41) is 1.08. The normalized spacial score (nSPS) is 32.7. The van der Waals surface area contributed by atoms with Crippen molar-refractivity contribution in [2.24, 2.45) is 0 Å². The molecule has 0 bridgehead atoms. The van der Waals surface area contributed by atoms with Crippen molar-refractivity contribution in [2.45, 2.75) is 68.6 Å². The molecule has 2 aliphatic carbocycles. The molecule has 3 rings (SSSR count). The molecule has 0 atom stereocenters. The highest BCUT2D eigenvalue weighted by Gasteiger charge is 2.58. The summed E-state index contributed by atoms with van der Waals surface area (Å²) in [4.78, 5) is 12.0. The van der Waals surface area contributed by atoms with E-state index < -0.39 is 0 Å². The number of carbonyl (C=O) groups is 1. The molecule has 1 nitrogen and oxygen atoms in total. The number of hydrogen-bond acceptors (Lipinski definition) is 1. The van der Waals surface area contributed by atoms with Crippen molar-refractivity contribution in [1.82, 2.24) is 0 Å². The smallest absolute Gasteiger partial charge is 0.134 e. The minimum Gasteiger partial charge on any atom is -0.300 e. The maximum atomic E-state index is 12.0. The van der Waals surface area contributed by atoms with Crippen molar-refractivity contribution in [1.29, 1.82) is 0 Å². The zero-order valence-corrected chi connectivity index (χ0v) is 10.6. The Bertz CT molecular complexity index is 263. The van der Waals surface area contributed by atoms with Crippen LogP contribution in [0.1, 0.15) is 58.3 Å². The van der Waals surface area contributed by atoms with Gasteiger partial charge in [0, 0.05) is 12.8 Å². The molecule has 1 saturated heterocycles. The molecule has 0 aromatic heterocycles. The molecule has 0 aromatic rings. The van der Waals surface area contributed by atoms with Crippen LogP contribution in [0.25, 0.3) is 0 Å². The van der Waals surface area contributed by atoms with Gasteiger partial charge in [-0.15, -0.1) is 0 Å². The maximum absolute atomic E-state index is 12.0. The molecular weight excluding hydrogens is 203 g/mol. The van der Waals surface area contributed by atoms with E-state index in [-0.39, 0.29) is 7.92 Å². The van der Waals surface area contributed by atoms with E-state index in [1.165, 1.54) is 44.7 Å². The van der Waals surface area contributed by atoms with Crippen LogP contribution in [0, 0.1) is 0 Å². The summed E-state index contributed by atoms with van der Waals surface area (Å²) >= 11 is 0. The molecule has 1 aliphatic heterocycles. The zero-order chi connectivity index (χ0) is 10.5. The van der Waals surface area contributed by atoms with E-state index >= 15 is 0 Å². The van der Waals surface area contributed by atoms with E-state index in [1.54, 1.807) is 0 Å². The van der Waals surface area contributed by atoms with E-state index in [2.05, 4.69) is 6.92 Å². The zero-order valence-electron chi connectivity index (χ0n) is 9.72. The van der Waals surface area contributed by atoms with Crippen LogP contribution in [0.15, 0.2) is 0 Å². The lowest BCUT2D eigenvalue weighted by atomic mass is 9.74. The van der Waals surface area contributed by atoms with E-state index in [4.69, 9.17) is 0 Å². The van der Waals surface area contributed by atoms with Gasteiger partial charge in [-0.3, -0.25) is 4.79 Å². The third-order valence-electron chi connectivity index (χ3n) is 5.08. The van der Waals surface area contributed by atoms with Crippen LogP contribution >= 0.6 is 7.92 Å². The fourth-order valence-corrected chi connectivity index (χ4v) is 9.02. The molecule has 2 spiro atoms. The Morgan fingerprint density at radius 3 is 1.80 bits per heavy atom. The molecule has 0 radical (unpaired) electrons.